The van der Waals surface area contributed by atoms with Crippen molar-refractivity contribution < 1.29 is 4.21 Å². The van der Waals surface area contributed by atoms with Crippen molar-refractivity contribution in [2.45, 2.75) is 18.7 Å². The first-order valence-corrected chi connectivity index (χ1v) is 5.64. The molecule has 1 rings (SSSR count). The van der Waals surface area contributed by atoms with Crippen LogP contribution < -0.4 is 0 Å². The molecule has 0 aliphatic carbocycles. The maximum absolute atomic E-state index is 11.0. The Morgan fingerprint density at radius 2 is 1.85 bits per heavy atom. The highest BCUT2D eigenvalue weighted by atomic mass is 32.2. The van der Waals surface area contributed by atoms with E-state index in [1.54, 1.807) is 30.5 Å². The van der Waals surface area contributed by atoms with Crippen molar-refractivity contribution in [1.82, 2.24) is 0 Å². The van der Waals surface area contributed by atoms with E-state index in [1.807, 2.05) is 19.9 Å². The first-order valence-electron chi connectivity index (χ1n) is 4.08. The molecule has 0 spiro atoms. The molecular formula is C10H13NOS. The van der Waals surface area contributed by atoms with E-state index in [-0.39, 0.29) is 0 Å². The summed E-state index contributed by atoms with van der Waals surface area (Å²) in [7, 11) is -1.06. The van der Waals surface area contributed by atoms with Crippen LogP contribution in [-0.2, 0) is 10.8 Å². The van der Waals surface area contributed by atoms with Crippen molar-refractivity contribution in [3.63, 3.8) is 0 Å². The Labute approximate surface area is 81.7 Å². The highest BCUT2D eigenvalue weighted by Gasteiger charge is 2.02. The van der Waals surface area contributed by atoms with Crippen molar-refractivity contribution in [3.8, 4) is 6.07 Å². The van der Waals surface area contributed by atoms with Crippen molar-refractivity contribution in [2.75, 3.05) is 6.26 Å². The number of nitrogens with zero attached hydrogens (tertiary/aromatic N) is 1. The van der Waals surface area contributed by atoms with E-state index in [0.29, 0.717) is 10.5 Å². The zero-order valence-electron chi connectivity index (χ0n) is 8.07. The molecule has 0 bridgehead atoms. The van der Waals surface area contributed by atoms with Gasteiger partial charge >= 0.3 is 0 Å². The van der Waals surface area contributed by atoms with Gasteiger partial charge in [0, 0.05) is 6.26 Å². The molecule has 70 valence electrons. The van der Waals surface area contributed by atoms with Gasteiger partial charge in [0.05, 0.1) is 21.3 Å². The highest BCUT2D eigenvalue weighted by Crippen LogP contribution is 2.10. The highest BCUT2D eigenvalue weighted by molar-refractivity contribution is 7.84. The Hall–Kier alpha value is -1.14. The molecule has 1 aromatic rings. The van der Waals surface area contributed by atoms with Crippen LogP contribution in [0.5, 0.6) is 0 Å². The van der Waals surface area contributed by atoms with Crippen LogP contribution in [0.4, 0.5) is 0 Å². The molecule has 1 atom stereocenters. The fourth-order valence-electron chi connectivity index (χ4n) is 0.810. The third-order valence-corrected chi connectivity index (χ3v) is 2.29. The molecule has 0 aromatic heterocycles. The van der Waals surface area contributed by atoms with Crippen molar-refractivity contribution in [3.05, 3.63) is 29.8 Å². The van der Waals surface area contributed by atoms with Gasteiger partial charge in [-0.1, -0.05) is 26.0 Å². The zero-order chi connectivity index (χ0) is 10.3. The van der Waals surface area contributed by atoms with Crippen LogP contribution >= 0.6 is 0 Å². The fraction of sp³-hybridized carbons (Fsp3) is 0.300. The summed E-state index contributed by atoms with van der Waals surface area (Å²) in [6.45, 7) is 4.00. The molecule has 1 aromatic carbocycles. The molecule has 1 unspecified atom stereocenters. The lowest BCUT2D eigenvalue weighted by Crippen LogP contribution is -1.90. The van der Waals surface area contributed by atoms with Gasteiger partial charge in [-0.05, 0) is 12.1 Å². The molecule has 0 saturated heterocycles. The summed E-state index contributed by atoms with van der Waals surface area (Å²) in [6.07, 6.45) is 1.57. The lowest BCUT2D eigenvalue weighted by Gasteiger charge is -1.96. The van der Waals surface area contributed by atoms with Crippen LogP contribution in [0.25, 0.3) is 0 Å². The number of nitriles is 1. The predicted octanol–water partition coefficient (Wildman–Crippen LogP) is 2.32. The molecular weight excluding hydrogens is 182 g/mol. The van der Waals surface area contributed by atoms with Gasteiger partial charge in [0.2, 0.25) is 0 Å². The maximum atomic E-state index is 11.0. The summed E-state index contributed by atoms with van der Waals surface area (Å²) in [5.74, 6) is 0. The summed E-state index contributed by atoms with van der Waals surface area (Å²) in [4.78, 5) is 0.606. The molecule has 0 aliphatic heterocycles. The lowest BCUT2D eigenvalue weighted by atomic mass is 10.2. The van der Waals surface area contributed by atoms with Gasteiger partial charge in [0.1, 0.15) is 6.07 Å². The zero-order valence-corrected chi connectivity index (χ0v) is 8.89. The second kappa shape index (κ2) is 6.38. The second-order valence-corrected chi connectivity index (χ2v) is 3.41. The van der Waals surface area contributed by atoms with Crippen molar-refractivity contribution in [2.24, 2.45) is 0 Å². The number of rotatable bonds is 1. The summed E-state index contributed by atoms with van der Waals surface area (Å²) in [5, 5.41) is 8.58. The fourth-order valence-corrected chi connectivity index (χ4v) is 1.50. The average molecular weight is 195 g/mol. The molecule has 0 radical (unpaired) electrons. The maximum Gasteiger partial charge on any atom is 0.100 e. The van der Waals surface area contributed by atoms with Gasteiger partial charge in [-0.25, -0.2) is 0 Å². The summed E-state index contributed by atoms with van der Waals surface area (Å²) in [6, 6.07) is 8.88. The van der Waals surface area contributed by atoms with E-state index in [4.69, 9.17) is 5.26 Å². The molecule has 0 heterocycles. The van der Waals surface area contributed by atoms with Crippen LogP contribution in [0.1, 0.15) is 19.4 Å². The van der Waals surface area contributed by atoms with E-state index >= 15 is 0 Å². The van der Waals surface area contributed by atoms with Crippen molar-refractivity contribution in [1.29, 1.82) is 5.26 Å². The van der Waals surface area contributed by atoms with Gasteiger partial charge in [0.15, 0.2) is 0 Å². The van der Waals surface area contributed by atoms with Crippen LogP contribution in [-0.4, -0.2) is 10.5 Å². The van der Waals surface area contributed by atoms with Crippen LogP contribution in [0.15, 0.2) is 29.2 Å². The van der Waals surface area contributed by atoms with E-state index in [1.165, 1.54) is 0 Å². The Balaban J connectivity index is 0.000000671. The van der Waals surface area contributed by atoms with E-state index in [2.05, 4.69) is 0 Å². The Kier molecular flexibility index (Phi) is 5.82. The summed E-state index contributed by atoms with van der Waals surface area (Å²) in [5.41, 5.74) is 0.494. The van der Waals surface area contributed by atoms with E-state index < -0.39 is 10.8 Å². The number of benzene rings is 1. The molecule has 13 heavy (non-hydrogen) atoms. The number of hydrogen-bond donors (Lipinski definition) is 0. The minimum atomic E-state index is -1.06. The Bertz CT molecular complexity index is 328. The minimum absolute atomic E-state index is 0.494. The third kappa shape index (κ3) is 3.39. The van der Waals surface area contributed by atoms with Gasteiger partial charge in [-0.15, -0.1) is 0 Å². The largest absolute Gasteiger partial charge is 0.255 e. The topological polar surface area (TPSA) is 40.9 Å². The molecule has 0 fully saturated rings. The predicted molar refractivity (Wildman–Crippen MR) is 54.8 cm³/mol. The second-order valence-electron chi connectivity index (χ2n) is 2.06. The molecule has 0 N–H and O–H groups in total. The van der Waals surface area contributed by atoms with Crippen LogP contribution in [0.2, 0.25) is 0 Å². The van der Waals surface area contributed by atoms with Crippen molar-refractivity contribution >= 4 is 10.8 Å². The minimum Gasteiger partial charge on any atom is -0.255 e. The summed E-state index contributed by atoms with van der Waals surface area (Å²) < 4.78 is 11.0. The number of hydrogen-bond acceptors (Lipinski definition) is 2. The van der Waals surface area contributed by atoms with Gasteiger partial charge in [-0.3, -0.25) is 4.21 Å². The van der Waals surface area contributed by atoms with Gasteiger partial charge in [-0.2, -0.15) is 5.26 Å². The third-order valence-electron chi connectivity index (χ3n) is 1.32. The monoisotopic (exact) mass is 195 g/mol. The molecule has 0 amide bonds. The van der Waals surface area contributed by atoms with Crippen LogP contribution in [0, 0.1) is 11.3 Å². The quantitative estimate of drug-likeness (QED) is 0.690. The molecule has 0 aliphatic rings. The Morgan fingerprint density at radius 3 is 2.23 bits per heavy atom. The normalized spacial score (nSPS) is 10.6. The van der Waals surface area contributed by atoms with E-state index in [9.17, 15) is 4.21 Å². The van der Waals surface area contributed by atoms with Gasteiger partial charge < -0.3 is 0 Å². The first kappa shape index (κ1) is 11.9. The standard InChI is InChI=1S/C8H7NOS.C2H6/c1-11(10)8-5-3-2-4-7(8)6-9;1-2/h2-5H,1H3;1-2H3. The first-order chi connectivity index (χ1) is 6.25. The summed E-state index contributed by atoms with van der Waals surface area (Å²) >= 11 is 0. The molecule has 2 nitrogen and oxygen atoms in total. The van der Waals surface area contributed by atoms with E-state index in [0.717, 1.165) is 0 Å². The SMILES string of the molecule is CC.CS(=O)c1ccccc1C#N. The van der Waals surface area contributed by atoms with Gasteiger partial charge in [0.25, 0.3) is 0 Å². The molecule has 0 saturated carbocycles. The Morgan fingerprint density at radius 1 is 1.31 bits per heavy atom. The smallest absolute Gasteiger partial charge is 0.100 e. The lowest BCUT2D eigenvalue weighted by molar-refractivity contribution is 0.686. The molecule has 3 heteroatoms. The average Bonchev–Trinajstić information content (AvgIpc) is 2.20. The van der Waals surface area contributed by atoms with Crippen LogP contribution in [0.3, 0.4) is 0 Å².